The van der Waals surface area contributed by atoms with E-state index in [9.17, 15) is 8.42 Å². The van der Waals surface area contributed by atoms with E-state index in [2.05, 4.69) is 5.32 Å². The minimum absolute atomic E-state index is 0.0404. The molecule has 0 aromatic heterocycles. The molecule has 4 nitrogen and oxygen atoms in total. The van der Waals surface area contributed by atoms with E-state index in [0.717, 1.165) is 18.5 Å². The van der Waals surface area contributed by atoms with E-state index in [4.69, 9.17) is 4.74 Å². The Balaban J connectivity index is 2.46. The van der Waals surface area contributed by atoms with Crippen molar-refractivity contribution in [2.45, 2.75) is 17.2 Å². The van der Waals surface area contributed by atoms with Crippen LogP contribution >= 0.6 is 0 Å². The molecule has 1 aliphatic rings. The molecule has 0 fully saturated rings. The summed E-state index contributed by atoms with van der Waals surface area (Å²) in [6, 6.07) is 5.23. The summed E-state index contributed by atoms with van der Waals surface area (Å²) < 4.78 is 29.3. The topological polar surface area (TPSA) is 55.4 Å². The quantitative estimate of drug-likeness (QED) is 0.877. The Morgan fingerprint density at radius 3 is 2.88 bits per heavy atom. The smallest absolute Gasteiger partial charge is 0.179 e. The molecule has 1 aromatic carbocycles. The van der Waals surface area contributed by atoms with Crippen molar-refractivity contribution in [3.05, 3.63) is 23.8 Å². The second-order valence-electron chi connectivity index (χ2n) is 4.24. The van der Waals surface area contributed by atoms with Crippen molar-refractivity contribution in [1.29, 1.82) is 0 Å². The zero-order valence-electron chi connectivity index (χ0n) is 10.1. The van der Waals surface area contributed by atoms with Gasteiger partial charge in [0, 0.05) is 11.5 Å². The minimum Gasteiger partial charge on any atom is -0.496 e. The van der Waals surface area contributed by atoms with E-state index in [1.165, 1.54) is 0 Å². The van der Waals surface area contributed by atoms with Crippen LogP contribution in [0.4, 0.5) is 0 Å². The lowest BCUT2D eigenvalue weighted by atomic mass is 9.97. The van der Waals surface area contributed by atoms with Crippen LogP contribution in [0.3, 0.4) is 0 Å². The summed E-state index contributed by atoms with van der Waals surface area (Å²) in [6.45, 7) is 0.803. The number of sulfone groups is 1. The first kappa shape index (κ1) is 12.4. The first-order valence-electron chi connectivity index (χ1n) is 5.64. The first-order valence-corrected chi connectivity index (χ1v) is 7.29. The van der Waals surface area contributed by atoms with Crippen LogP contribution in [0, 0.1) is 0 Å². The Hall–Kier alpha value is -1.07. The van der Waals surface area contributed by atoms with Crippen LogP contribution in [0.1, 0.15) is 17.9 Å². The molecule has 1 N–H and O–H groups in total. The molecule has 94 valence electrons. The van der Waals surface area contributed by atoms with Gasteiger partial charge in [-0.15, -0.1) is 0 Å². The zero-order valence-corrected chi connectivity index (χ0v) is 10.9. The van der Waals surface area contributed by atoms with Gasteiger partial charge in [0.2, 0.25) is 0 Å². The lowest BCUT2D eigenvalue weighted by Gasteiger charge is -2.13. The average Bonchev–Trinajstić information content (AvgIpc) is 2.58. The van der Waals surface area contributed by atoms with Crippen LogP contribution in [0.25, 0.3) is 0 Å². The predicted molar refractivity (Wildman–Crippen MR) is 66.3 cm³/mol. The molecule has 0 radical (unpaired) electrons. The van der Waals surface area contributed by atoms with Gasteiger partial charge < -0.3 is 10.1 Å². The van der Waals surface area contributed by atoms with Gasteiger partial charge in [-0.25, -0.2) is 8.42 Å². The summed E-state index contributed by atoms with van der Waals surface area (Å²) in [5, 5.41) is 3.05. The van der Waals surface area contributed by atoms with Crippen molar-refractivity contribution in [1.82, 2.24) is 5.32 Å². The Labute approximate surface area is 102 Å². The molecule has 0 saturated heterocycles. The normalized spacial score (nSPS) is 21.2. The number of nitrogens with one attached hydrogen (secondary N) is 1. The fraction of sp³-hybridized carbons (Fsp3) is 0.500. The van der Waals surface area contributed by atoms with E-state index in [1.54, 1.807) is 19.2 Å². The molecule has 5 heteroatoms. The van der Waals surface area contributed by atoms with E-state index >= 15 is 0 Å². The van der Waals surface area contributed by atoms with E-state index in [-0.39, 0.29) is 11.7 Å². The standard InChI is InChI=1S/C12H17NO3S/c1-13-7-6-9-8-17(14,15)11-5-3-4-10(16-2)12(9)11/h3-5,9,13H,6-8H2,1-2H3. The molecule has 0 spiro atoms. The van der Waals surface area contributed by atoms with Crippen LogP contribution in [0.2, 0.25) is 0 Å². The first-order chi connectivity index (χ1) is 8.10. The van der Waals surface area contributed by atoms with E-state index in [0.29, 0.717) is 10.6 Å². The van der Waals surface area contributed by atoms with Crippen molar-refractivity contribution in [3.8, 4) is 5.75 Å². The van der Waals surface area contributed by atoms with Gasteiger partial charge in [0.1, 0.15) is 5.75 Å². The molecule has 2 rings (SSSR count). The number of methoxy groups -OCH3 is 1. The van der Waals surface area contributed by atoms with Crippen LogP contribution in [0.5, 0.6) is 5.75 Å². The Morgan fingerprint density at radius 1 is 1.47 bits per heavy atom. The SMILES string of the molecule is CNCCC1CS(=O)(=O)c2cccc(OC)c21. The van der Waals surface area contributed by atoms with Gasteiger partial charge in [-0.05, 0) is 32.1 Å². The molecular weight excluding hydrogens is 238 g/mol. The van der Waals surface area contributed by atoms with E-state index in [1.807, 2.05) is 13.1 Å². The molecule has 17 heavy (non-hydrogen) atoms. The summed E-state index contributed by atoms with van der Waals surface area (Å²) in [6.07, 6.45) is 0.809. The van der Waals surface area contributed by atoms with Crippen molar-refractivity contribution in [2.75, 3.05) is 26.5 Å². The van der Waals surface area contributed by atoms with Crippen LogP contribution in [-0.4, -0.2) is 34.9 Å². The van der Waals surface area contributed by atoms with Crippen LogP contribution in [0.15, 0.2) is 23.1 Å². The number of ether oxygens (including phenoxy) is 1. The molecule has 0 saturated carbocycles. The van der Waals surface area contributed by atoms with Gasteiger partial charge in [-0.3, -0.25) is 0 Å². The van der Waals surface area contributed by atoms with Gasteiger partial charge in [0.25, 0.3) is 0 Å². The number of hydrogen-bond acceptors (Lipinski definition) is 4. The van der Waals surface area contributed by atoms with Crippen LogP contribution < -0.4 is 10.1 Å². The summed E-state index contributed by atoms with van der Waals surface area (Å²) in [5.74, 6) is 0.924. The molecule has 0 aliphatic carbocycles. The Morgan fingerprint density at radius 2 is 2.24 bits per heavy atom. The monoisotopic (exact) mass is 255 g/mol. The lowest BCUT2D eigenvalue weighted by Crippen LogP contribution is -2.13. The highest BCUT2D eigenvalue weighted by Crippen LogP contribution is 2.42. The lowest BCUT2D eigenvalue weighted by molar-refractivity contribution is 0.404. The van der Waals surface area contributed by atoms with Gasteiger partial charge >= 0.3 is 0 Å². The summed E-state index contributed by atoms with van der Waals surface area (Å²) in [5.41, 5.74) is 0.852. The number of hydrogen-bond donors (Lipinski definition) is 1. The molecule has 1 heterocycles. The molecule has 1 unspecified atom stereocenters. The van der Waals surface area contributed by atoms with Crippen molar-refractivity contribution < 1.29 is 13.2 Å². The fourth-order valence-electron chi connectivity index (χ4n) is 2.36. The Kier molecular flexibility index (Phi) is 3.40. The number of rotatable bonds is 4. The zero-order chi connectivity index (χ0) is 12.5. The average molecular weight is 255 g/mol. The molecule has 1 aliphatic heterocycles. The molecule has 1 atom stereocenters. The van der Waals surface area contributed by atoms with Crippen molar-refractivity contribution >= 4 is 9.84 Å². The molecule has 1 aromatic rings. The maximum atomic E-state index is 12.0. The van der Waals surface area contributed by atoms with Crippen molar-refractivity contribution in [3.63, 3.8) is 0 Å². The predicted octanol–water partition coefficient (Wildman–Crippen LogP) is 1.18. The van der Waals surface area contributed by atoms with E-state index < -0.39 is 9.84 Å². The third kappa shape index (κ3) is 2.17. The van der Waals surface area contributed by atoms with Gasteiger partial charge in [-0.2, -0.15) is 0 Å². The third-order valence-electron chi connectivity index (χ3n) is 3.15. The highest BCUT2D eigenvalue weighted by atomic mass is 32.2. The van der Waals surface area contributed by atoms with Crippen molar-refractivity contribution in [2.24, 2.45) is 0 Å². The highest BCUT2D eigenvalue weighted by Gasteiger charge is 2.36. The Bertz CT molecular complexity index is 510. The minimum atomic E-state index is -3.13. The van der Waals surface area contributed by atoms with Gasteiger partial charge in [0.05, 0.1) is 17.8 Å². The maximum Gasteiger partial charge on any atom is 0.179 e. The highest BCUT2D eigenvalue weighted by molar-refractivity contribution is 7.91. The fourth-order valence-corrected chi connectivity index (χ4v) is 4.29. The van der Waals surface area contributed by atoms with Crippen LogP contribution in [-0.2, 0) is 9.84 Å². The summed E-state index contributed by atoms with van der Waals surface area (Å²) in [4.78, 5) is 0.443. The summed E-state index contributed by atoms with van der Waals surface area (Å²) in [7, 11) is 0.321. The molecule has 0 bridgehead atoms. The molecule has 0 amide bonds. The van der Waals surface area contributed by atoms with Gasteiger partial charge in [0.15, 0.2) is 9.84 Å². The summed E-state index contributed by atoms with van der Waals surface area (Å²) >= 11 is 0. The van der Waals surface area contributed by atoms with Gasteiger partial charge in [-0.1, -0.05) is 6.07 Å². The largest absolute Gasteiger partial charge is 0.496 e. The number of benzene rings is 1. The maximum absolute atomic E-state index is 12.0. The third-order valence-corrected chi connectivity index (χ3v) is 5.02. The number of fused-ring (bicyclic) bond motifs is 1. The second kappa shape index (κ2) is 4.66. The second-order valence-corrected chi connectivity index (χ2v) is 6.25. The molecular formula is C12H17NO3S.